The van der Waals surface area contributed by atoms with Crippen LogP contribution in [0.25, 0.3) is 11.0 Å². The highest BCUT2D eigenvalue weighted by molar-refractivity contribution is 5.76. The van der Waals surface area contributed by atoms with E-state index in [2.05, 4.69) is 20.4 Å². The van der Waals surface area contributed by atoms with E-state index in [-0.39, 0.29) is 18.6 Å². The van der Waals surface area contributed by atoms with Crippen LogP contribution in [0.15, 0.2) is 28.8 Å². The Morgan fingerprint density at radius 2 is 2.11 bits per heavy atom. The molecule has 0 spiro atoms. The Morgan fingerprint density at radius 1 is 1.22 bits per heavy atom. The number of para-hydroxylation sites is 2. The Bertz CT molecular complexity index is 927. The monoisotopic (exact) mass is 366 g/mol. The molecule has 27 heavy (non-hydrogen) atoms. The molecule has 2 amide bonds. The van der Waals surface area contributed by atoms with E-state index >= 15 is 0 Å². The number of benzene rings is 1. The van der Waals surface area contributed by atoms with Gasteiger partial charge in [-0.3, -0.25) is 0 Å². The topological polar surface area (TPSA) is 99.9 Å². The predicted molar refractivity (Wildman–Crippen MR) is 97.9 cm³/mol. The summed E-state index contributed by atoms with van der Waals surface area (Å²) in [7, 11) is 0. The van der Waals surface area contributed by atoms with Crippen LogP contribution in [0.4, 0.5) is 4.79 Å². The van der Waals surface area contributed by atoms with Crippen LogP contribution in [0.3, 0.4) is 0 Å². The van der Waals surface area contributed by atoms with Crippen molar-refractivity contribution < 1.29 is 9.32 Å². The highest BCUT2D eigenvalue weighted by atomic mass is 16.5. The standard InChI is InChI=1S/C19H22N6O2/c26-19(20-11-16-23-18(27-24-16)12-8-9-12)25-10-4-3-7-15(25)17-21-13-5-1-2-6-14(13)22-17/h1-2,5-6,12,15H,3-4,7-11H2,(H,20,26)(H,21,22). The highest BCUT2D eigenvalue weighted by Crippen LogP contribution is 2.38. The summed E-state index contributed by atoms with van der Waals surface area (Å²) in [4.78, 5) is 27.1. The molecular formula is C19H22N6O2. The predicted octanol–water partition coefficient (Wildman–Crippen LogP) is 3.26. The van der Waals surface area contributed by atoms with Crippen molar-refractivity contribution in [1.82, 2.24) is 30.3 Å². The number of rotatable bonds is 4. The van der Waals surface area contributed by atoms with Gasteiger partial charge in [0.1, 0.15) is 5.82 Å². The fraction of sp³-hybridized carbons (Fsp3) is 0.474. The zero-order chi connectivity index (χ0) is 18.2. The number of carbonyl (C=O) groups excluding carboxylic acids is 1. The van der Waals surface area contributed by atoms with Crippen LogP contribution < -0.4 is 5.32 Å². The first-order valence-electron chi connectivity index (χ1n) is 9.59. The number of likely N-dealkylation sites (tertiary alicyclic amines) is 1. The van der Waals surface area contributed by atoms with Gasteiger partial charge in [-0.25, -0.2) is 9.78 Å². The Balaban J connectivity index is 1.29. The van der Waals surface area contributed by atoms with Gasteiger partial charge < -0.3 is 19.7 Å². The molecule has 2 aromatic heterocycles. The Labute approximate surface area is 156 Å². The third-order valence-corrected chi connectivity index (χ3v) is 5.30. The number of piperidine rings is 1. The Hall–Kier alpha value is -2.90. The van der Waals surface area contributed by atoms with Crippen molar-refractivity contribution in [3.63, 3.8) is 0 Å². The molecule has 8 nitrogen and oxygen atoms in total. The molecule has 3 aromatic rings. The fourth-order valence-corrected chi connectivity index (χ4v) is 3.68. The summed E-state index contributed by atoms with van der Waals surface area (Å²) in [6.07, 6.45) is 5.21. The lowest BCUT2D eigenvalue weighted by Crippen LogP contribution is -2.44. The third-order valence-electron chi connectivity index (χ3n) is 5.30. The molecule has 1 aliphatic heterocycles. The van der Waals surface area contributed by atoms with E-state index in [0.29, 0.717) is 24.2 Å². The third kappa shape index (κ3) is 3.27. The minimum absolute atomic E-state index is 0.0431. The maximum atomic E-state index is 12.8. The van der Waals surface area contributed by atoms with Gasteiger partial charge in [0.15, 0.2) is 5.82 Å². The van der Waals surface area contributed by atoms with Gasteiger partial charge in [-0.2, -0.15) is 4.98 Å². The zero-order valence-electron chi connectivity index (χ0n) is 15.0. The number of H-pyrrole nitrogens is 1. The first-order valence-corrected chi connectivity index (χ1v) is 9.59. The lowest BCUT2D eigenvalue weighted by Gasteiger charge is -2.34. The minimum Gasteiger partial charge on any atom is -0.340 e. The number of nitrogens with one attached hydrogen (secondary N) is 2. The van der Waals surface area contributed by atoms with Crippen LogP contribution in [-0.2, 0) is 6.54 Å². The van der Waals surface area contributed by atoms with Gasteiger partial charge in [0.05, 0.1) is 23.6 Å². The summed E-state index contributed by atoms with van der Waals surface area (Å²) in [5.41, 5.74) is 1.93. The van der Waals surface area contributed by atoms with Crippen LogP contribution >= 0.6 is 0 Å². The van der Waals surface area contributed by atoms with Crippen molar-refractivity contribution in [2.45, 2.75) is 50.6 Å². The van der Waals surface area contributed by atoms with E-state index in [1.165, 1.54) is 0 Å². The number of nitrogens with zero attached hydrogens (tertiary/aromatic N) is 4. The first kappa shape index (κ1) is 16.3. The molecule has 1 aromatic carbocycles. The van der Waals surface area contributed by atoms with Crippen LogP contribution in [0, 0.1) is 0 Å². The Kier molecular flexibility index (Phi) is 4.03. The van der Waals surface area contributed by atoms with Gasteiger partial charge in [0, 0.05) is 12.5 Å². The lowest BCUT2D eigenvalue weighted by atomic mass is 10.0. The van der Waals surface area contributed by atoms with E-state index in [4.69, 9.17) is 9.51 Å². The molecule has 1 saturated carbocycles. The van der Waals surface area contributed by atoms with E-state index in [1.807, 2.05) is 29.2 Å². The second-order valence-corrected chi connectivity index (χ2v) is 7.33. The molecule has 5 rings (SSSR count). The number of aromatic nitrogens is 4. The minimum atomic E-state index is -0.113. The second-order valence-electron chi connectivity index (χ2n) is 7.33. The SMILES string of the molecule is O=C(NCc1noc(C2CC2)n1)N1CCCCC1c1nc2ccccc2[nH]1. The van der Waals surface area contributed by atoms with E-state index in [0.717, 1.165) is 49.0 Å². The molecule has 2 aliphatic rings. The van der Waals surface area contributed by atoms with Crippen LogP contribution in [-0.4, -0.2) is 37.6 Å². The number of amides is 2. The number of hydrogen-bond acceptors (Lipinski definition) is 5. The summed E-state index contributed by atoms with van der Waals surface area (Å²) in [5.74, 6) is 2.49. The summed E-state index contributed by atoms with van der Waals surface area (Å²) in [6.45, 7) is 0.992. The average molecular weight is 366 g/mol. The van der Waals surface area contributed by atoms with Crippen LogP contribution in [0.1, 0.15) is 61.6 Å². The van der Waals surface area contributed by atoms with Crippen molar-refractivity contribution in [2.75, 3.05) is 6.54 Å². The largest absolute Gasteiger partial charge is 0.340 e. The molecule has 1 aliphatic carbocycles. The molecule has 2 fully saturated rings. The summed E-state index contributed by atoms with van der Waals surface area (Å²) < 4.78 is 5.25. The molecule has 2 N–H and O–H groups in total. The van der Waals surface area contributed by atoms with Gasteiger partial charge in [-0.15, -0.1) is 0 Å². The van der Waals surface area contributed by atoms with Gasteiger partial charge in [0.2, 0.25) is 5.89 Å². The molecule has 8 heteroatoms. The number of aromatic amines is 1. The molecule has 0 radical (unpaired) electrons. The molecule has 3 heterocycles. The van der Waals surface area contributed by atoms with E-state index in [9.17, 15) is 4.79 Å². The smallest absolute Gasteiger partial charge is 0.318 e. The molecular weight excluding hydrogens is 344 g/mol. The number of carbonyl (C=O) groups is 1. The number of urea groups is 1. The number of fused-ring (bicyclic) bond motifs is 1. The lowest BCUT2D eigenvalue weighted by molar-refractivity contribution is 0.147. The quantitative estimate of drug-likeness (QED) is 0.738. The second kappa shape index (κ2) is 6.68. The van der Waals surface area contributed by atoms with Crippen molar-refractivity contribution in [3.8, 4) is 0 Å². The number of hydrogen-bond donors (Lipinski definition) is 2. The van der Waals surface area contributed by atoms with Crippen molar-refractivity contribution in [3.05, 3.63) is 41.8 Å². The fourth-order valence-electron chi connectivity index (χ4n) is 3.68. The van der Waals surface area contributed by atoms with E-state index < -0.39 is 0 Å². The maximum Gasteiger partial charge on any atom is 0.318 e. The van der Waals surface area contributed by atoms with Gasteiger partial charge in [-0.1, -0.05) is 17.3 Å². The average Bonchev–Trinajstić information content (AvgIpc) is 3.29. The van der Waals surface area contributed by atoms with Gasteiger partial charge in [-0.05, 0) is 44.2 Å². The molecule has 140 valence electrons. The zero-order valence-corrected chi connectivity index (χ0v) is 15.0. The molecule has 0 bridgehead atoms. The van der Waals surface area contributed by atoms with Gasteiger partial charge >= 0.3 is 6.03 Å². The van der Waals surface area contributed by atoms with Crippen molar-refractivity contribution >= 4 is 17.1 Å². The van der Waals surface area contributed by atoms with Crippen molar-refractivity contribution in [1.29, 1.82) is 0 Å². The maximum absolute atomic E-state index is 12.8. The van der Waals surface area contributed by atoms with Gasteiger partial charge in [0.25, 0.3) is 0 Å². The summed E-state index contributed by atoms with van der Waals surface area (Å²) in [6, 6.07) is 7.79. The summed E-state index contributed by atoms with van der Waals surface area (Å²) in [5, 5.41) is 6.90. The molecule has 1 saturated heterocycles. The number of imidazole rings is 1. The molecule has 1 unspecified atom stereocenters. The Morgan fingerprint density at radius 3 is 2.96 bits per heavy atom. The van der Waals surface area contributed by atoms with E-state index in [1.54, 1.807) is 0 Å². The first-order chi connectivity index (χ1) is 13.3. The normalized spacial score (nSPS) is 20.1. The van der Waals surface area contributed by atoms with Crippen molar-refractivity contribution in [2.24, 2.45) is 0 Å². The van der Waals surface area contributed by atoms with Crippen LogP contribution in [0.5, 0.6) is 0 Å². The van der Waals surface area contributed by atoms with Crippen LogP contribution in [0.2, 0.25) is 0 Å². The summed E-state index contributed by atoms with van der Waals surface area (Å²) >= 11 is 0. The molecule has 1 atom stereocenters. The highest BCUT2D eigenvalue weighted by Gasteiger charge is 2.31.